The van der Waals surface area contributed by atoms with Crippen LogP contribution >= 0.6 is 11.3 Å². The minimum Gasteiger partial charge on any atom is -0.508 e. The predicted octanol–water partition coefficient (Wildman–Crippen LogP) is 2.99. The number of fused-ring (bicyclic) bond motifs is 1. The average molecular weight is 447 g/mol. The average Bonchev–Trinajstić information content (AvgIpc) is 3.44. The molecule has 158 valence electrons. The molecule has 0 saturated carbocycles. The first-order chi connectivity index (χ1) is 15.6. The first-order valence-electron chi connectivity index (χ1n) is 9.28. The molecule has 4 aromatic heterocycles. The number of benzene rings is 1. The Morgan fingerprint density at radius 1 is 1.22 bits per heavy atom. The van der Waals surface area contributed by atoms with Crippen LogP contribution in [0.25, 0.3) is 27.2 Å². The van der Waals surface area contributed by atoms with Gasteiger partial charge in [-0.15, -0.1) is 16.4 Å². The molecule has 0 bridgehead atoms. The number of aromatic nitrogens is 5. The Balaban J connectivity index is 1.44. The van der Waals surface area contributed by atoms with Gasteiger partial charge in [-0.3, -0.25) is 9.78 Å². The Bertz CT molecular complexity index is 1490. The number of aldehydes is 1. The van der Waals surface area contributed by atoms with E-state index in [9.17, 15) is 14.7 Å². The van der Waals surface area contributed by atoms with E-state index in [0.29, 0.717) is 27.3 Å². The third-order valence-corrected chi connectivity index (χ3v) is 5.55. The number of ether oxygens (including phenoxy) is 1. The number of pyridine rings is 1. The van der Waals surface area contributed by atoms with Crippen LogP contribution in [0.15, 0.2) is 64.2 Å². The lowest BCUT2D eigenvalue weighted by Gasteiger charge is -2.07. The van der Waals surface area contributed by atoms with Crippen molar-refractivity contribution in [3.63, 3.8) is 0 Å². The van der Waals surface area contributed by atoms with E-state index in [-0.39, 0.29) is 29.5 Å². The molecule has 0 amide bonds. The lowest BCUT2D eigenvalue weighted by atomic mass is 10.2. The zero-order chi connectivity index (χ0) is 22.1. The maximum absolute atomic E-state index is 12.5. The van der Waals surface area contributed by atoms with Crippen LogP contribution in [0.1, 0.15) is 15.4 Å². The Hall–Kier alpha value is -4.38. The van der Waals surface area contributed by atoms with Gasteiger partial charge in [0.15, 0.2) is 12.0 Å². The normalized spacial score (nSPS) is 11.0. The molecule has 0 aliphatic rings. The predicted molar refractivity (Wildman–Crippen MR) is 114 cm³/mol. The summed E-state index contributed by atoms with van der Waals surface area (Å²) in [4.78, 5) is 32.8. The van der Waals surface area contributed by atoms with Gasteiger partial charge in [0.1, 0.15) is 33.5 Å². The van der Waals surface area contributed by atoms with Crippen molar-refractivity contribution in [1.29, 1.82) is 0 Å². The van der Waals surface area contributed by atoms with Gasteiger partial charge in [0.05, 0.1) is 6.20 Å². The summed E-state index contributed by atoms with van der Waals surface area (Å²) in [6, 6.07) is 9.66. The van der Waals surface area contributed by atoms with E-state index in [4.69, 9.17) is 9.15 Å². The molecular weight excluding hydrogens is 434 g/mol. The largest absolute Gasteiger partial charge is 0.508 e. The van der Waals surface area contributed by atoms with E-state index < -0.39 is 5.63 Å². The van der Waals surface area contributed by atoms with E-state index in [1.54, 1.807) is 30.6 Å². The molecule has 32 heavy (non-hydrogen) atoms. The van der Waals surface area contributed by atoms with Gasteiger partial charge in [0, 0.05) is 29.4 Å². The fourth-order valence-corrected chi connectivity index (χ4v) is 3.86. The molecule has 1 N–H and O–H groups in total. The first-order valence-corrected chi connectivity index (χ1v) is 10.1. The highest BCUT2D eigenvalue weighted by atomic mass is 32.1. The summed E-state index contributed by atoms with van der Waals surface area (Å²) in [6.07, 6.45) is 5.41. The quantitative estimate of drug-likeness (QED) is 0.308. The molecule has 11 heteroatoms. The number of rotatable bonds is 6. The molecule has 0 atom stereocenters. The highest BCUT2D eigenvalue weighted by molar-refractivity contribution is 7.16. The zero-order valence-corrected chi connectivity index (χ0v) is 17.0. The van der Waals surface area contributed by atoms with Crippen LogP contribution in [0.3, 0.4) is 0 Å². The summed E-state index contributed by atoms with van der Waals surface area (Å²) >= 11 is 1.19. The van der Waals surface area contributed by atoms with Crippen molar-refractivity contribution in [1.82, 2.24) is 25.0 Å². The van der Waals surface area contributed by atoms with Crippen LogP contribution in [0.2, 0.25) is 0 Å². The second-order valence-corrected chi connectivity index (χ2v) is 7.65. The van der Waals surface area contributed by atoms with Crippen LogP contribution in [0, 0.1) is 0 Å². The Kier molecular flexibility index (Phi) is 4.92. The second kappa shape index (κ2) is 8.04. The maximum atomic E-state index is 12.5. The van der Waals surface area contributed by atoms with Crippen LogP contribution in [-0.4, -0.2) is 36.4 Å². The SMILES string of the molecule is O=Cc1sc(-c2cccnc2)nc1OCc1cnnn1-c1cc2ccc(O)cc2oc1=O. The number of carbonyl (C=O) groups excluding carboxylic acids is 1. The van der Waals surface area contributed by atoms with Crippen molar-refractivity contribution in [2.24, 2.45) is 0 Å². The molecule has 0 aliphatic heterocycles. The van der Waals surface area contributed by atoms with Crippen LogP contribution in [-0.2, 0) is 6.61 Å². The summed E-state index contributed by atoms with van der Waals surface area (Å²) in [5.41, 5.74) is 0.933. The fraction of sp³-hybridized carbons (Fsp3) is 0.0476. The Morgan fingerprint density at radius 2 is 2.12 bits per heavy atom. The monoisotopic (exact) mass is 447 g/mol. The highest BCUT2D eigenvalue weighted by Crippen LogP contribution is 2.31. The number of nitrogens with zero attached hydrogens (tertiary/aromatic N) is 5. The van der Waals surface area contributed by atoms with Crippen molar-refractivity contribution in [2.45, 2.75) is 6.61 Å². The van der Waals surface area contributed by atoms with Crippen molar-refractivity contribution < 1.29 is 19.1 Å². The molecule has 0 fully saturated rings. The minimum absolute atomic E-state index is 0.0110. The molecular formula is C21H13N5O5S. The number of hydrogen-bond donors (Lipinski definition) is 1. The van der Waals surface area contributed by atoms with Crippen LogP contribution in [0.5, 0.6) is 11.6 Å². The Labute approximate surface area is 183 Å². The zero-order valence-electron chi connectivity index (χ0n) is 16.2. The summed E-state index contributed by atoms with van der Waals surface area (Å²) in [6.45, 7) is -0.0445. The molecule has 0 spiro atoms. The molecule has 0 unspecified atom stereocenters. The second-order valence-electron chi connectivity index (χ2n) is 6.62. The van der Waals surface area contributed by atoms with Gasteiger partial charge >= 0.3 is 5.63 Å². The van der Waals surface area contributed by atoms with E-state index >= 15 is 0 Å². The number of hydrogen-bond acceptors (Lipinski definition) is 10. The van der Waals surface area contributed by atoms with Crippen molar-refractivity contribution >= 4 is 28.6 Å². The number of aromatic hydroxyl groups is 1. The summed E-state index contributed by atoms with van der Waals surface area (Å²) < 4.78 is 12.4. The topological polar surface area (TPSA) is 133 Å². The van der Waals surface area contributed by atoms with Gasteiger partial charge in [-0.25, -0.2) is 14.5 Å². The fourth-order valence-electron chi connectivity index (χ4n) is 3.05. The van der Waals surface area contributed by atoms with E-state index in [2.05, 4.69) is 20.3 Å². The van der Waals surface area contributed by atoms with Crippen LogP contribution in [0.4, 0.5) is 0 Å². The molecule has 10 nitrogen and oxygen atoms in total. The molecule has 0 aliphatic carbocycles. The van der Waals surface area contributed by atoms with Gasteiger partial charge in [-0.2, -0.15) is 0 Å². The first kappa shape index (κ1) is 19.6. The Morgan fingerprint density at radius 3 is 2.94 bits per heavy atom. The van der Waals surface area contributed by atoms with Crippen LogP contribution < -0.4 is 10.4 Å². The number of phenolic OH excluding ortho intramolecular Hbond substituents is 1. The molecule has 0 saturated heterocycles. The van der Waals surface area contributed by atoms with E-state index in [1.165, 1.54) is 34.3 Å². The summed E-state index contributed by atoms with van der Waals surface area (Å²) in [5, 5.41) is 18.6. The molecule has 5 rings (SSSR count). The third-order valence-electron chi connectivity index (χ3n) is 4.54. The van der Waals surface area contributed by atoms with Gasteiger partial charge in [0.2, 0.25) is 5.88 Å². The lowest BCUT2D eigenvalue weighted by Crippen LogP contribution is -2.15. The minimum atomic E-state index is -0.657. The molecule has 5 aromatic rings. The maximum Gasteiger partial charge on any atom is 0.362 e. The molecule has 0 radical (unpaired) electrons. The number of phenols is 1. The molecule has 4 heterocycles. The van der Waals surface area contributed by atoms with Gasteiger partial charge in [-0.05, 0) is 30.3 Å². The van der Waals surface area contributed by atoms with E-state index in [1.807, 2.05) is 6.07 Å². The number of carbonyl (C=O) groups is 1. The standard InChI is InChI=1S/C21H13N5O5S/c27-10-18-19(24-20(32-18)13-2-1-5-22-8-13)30-11-14-9-23-25-26(14)16-6-12-3-4-15(28)7-17(12)31-21(16)29/h1-10,28H,11H2. The molecule has 1 aromatic carbocycles. The third kappa shape index (κ3) is 3.61. The van der Waals surface area contributed by atoms with Gasteiger partial charge < -0.3 is 14.3 Å². The van der Waals surface area contributed by atoms with Gasteiger partial charge in [-0.1, -0.05) is 5.21 Å². The van der Waals surface area contributed by atoms with Crippen molar-refractivity contribution in [3.8, 4) is 27.9 Å². The summed E-state index contributed by atoms with van der Waals surface area (Å²) in [5.74, 6) is 0.153. The van der Waals surface area contributed by atoms with Gasteiger partial charge in [0.25, 0.3) is 0 Å². The highest BCUT2D eigenvalue weighted by Gasteiger charge is 2.17. The van der Waals surface area contributed by atoms with E-state index in [0.717, 1.165) is 5.56 Å². The smallest absolute Gasteiger partial charge is 0.362 e. The van der Waals surface area contributed by atoms with Crippen molar-refractivity contribution in [3.05, 3.63) is 76.0 Å². The number of thiazole rings is 1. The van der Waals surface area contributed by atoms with Crippen molar-refractivity contribution in [2.75, 3.05) is 0 Å². The lowest BCUT2D eigenvalue weighted by molar-refractivity contribution is 0.112. The summed E-state index contributed by atoms with van der Waals surface area (Å²) in [7, 11) is 0.